The third-order valence-electron chi connectivity index (χ3n) is 3.81. The van der Waals surface area contributed by atoms with Crippen molar-refractivity contribution in [2.75, 3.05) is 20.7 Å². The number of ether oxygens (including phenoxy) is 1. The van der Waals surface area contributed by atoms with E-state index in [-0.39, 0.29) is 22.0 Å². The largest absolute Gasteiger partial charge is 0.494 e. The summed E-state index contributed by atoms with van der Waals surface area (Å²) in [5.74, 6) is 0.332. The van der Waals surface area contributed by atoms with Crippen molar-refractivity contribution < 1.29 is 17.9 Å². The molecule has 8 heteroatoms. The highest BCUT2D eigenvalue weighted by Crippen LogP contribution is 2.22. The molecule has 1 N–H and O–H groups in total. The number of carbonyl (C=O) groups is 1. The maximum absolute atomic E-state index is 12.5. The Bertz CT molecular complexity index is 896. The quantitative estimate of drug-likeness (QED) is 0.724. The molecule has 2 aromatic carbocycles. The van der Waals surface area contributed by atoms with Gasteiger partial charge in [0.05, 0.1) is 22.1 Å². The van der Waals surface area contributed by atoms with Crippen molar-refractivity contribution in [3.8, 4) is 5.75 Å². The zero-order valence-corrected chi connectivity index (χ0v) is 17.1. The van der Waals surface area contributed by atoms with Gasteiger partial charge >= 0.3 is 0 Å². The van der Waals surface area contributed by atoms with Crippen LogP contribution in [0.15, 0.2) is 47.4 Å². The van der Waals surface area contributed by atoms with E-state index in [1.54, 1.807) is 0 Å². The van der Waals surface area contributed by atoms with Crippen LogP contribution in [0.25, 0.3) is 0 Å². The molecule has 0 spiro atoms. The predicted molar refractivity (Wildman–Crippen MR) is 106 cm³/mol. The molecule has 0 atom stereocenters. The first-order chi connectivity index (χ1) is 12.8. The van der Waals surface area contributed by atoms with E-state index >= 15 is 0 Å². The Morgan fingerprint density at radius 1 is 1.15 bits per heavy atom. The van der Waals surface area contributed by atoms with Gasteiger partial charge in [0.2, 0.25) is 10.0 Å². The lowest BCUT2D eigenvalue weighted by molar-refractivity contribution is 0.0951. The lowest BCUT2D eigenvalue weighted by Crippen LogP contribution is -2.25. The summed E-state index contributed by atoms with van der Waals surface area (Å²) in [6.07, 6.45) is 0.932. The Labute approximate surface area is 165 Å². The molecule has 2 aromatic rings. The number of nitrogens with zero attached hydrogens (tertiary/aromatic N) is 1. The molecule has 1 amide bonds. The number of carbonyl (C=O) groups excluding carboxylic acids is 1. The molecule has 0 radical (unpaired) electrons. The van der Waals surface area contributed by atoms with Crippen LogP contribution in [0.1, 0.15) is 29.3 Å². The first-order valence-corrected chi connectivity index (χ1v) is 10.3. The monoisotopic (exact) mass is 410 g/mol. The SMILES string of the molecule is CCCOc1ccc(CNC(=O)c2cc(S(=O)(=O)N(C)C)ccc2Cl)cc1. The molecule has 0 bridgehead atoms. The van der Waals surface area contributed by atoms with E-state index in [4.69, 9.17) is 16.3 Å². The summed E-state index contributed by atoms with van der Waals surface area (Å²) in [5, 5.41) is 2.94. The summed E-state index contributed by atoms with van der Waals surface area (Å²) >= 11 is 6.09. The van der Waals surface area contributed by atoms with E-state index in [0.717, 1.165) is 22.0 Å². The van der Waals surface area contributed by atoms with Crippen LogP contribution in [0.3, 0.4) is 0 Å². The van der Waals surface area contributed by atoms with Gasteiger partial charge < -0.3 is 10.1 Å². The minimum Gasteiger partial charge on any atom is -0.494 e. The van der Waals surface area contributed by atoms with Crippen LogP contribution in [-0.4, -0.2) is 39.3 Å². The van der Waals surface area contributed by atoms with Crippen molar-refractivity contribution in [3.63, 3.8) is 0 Å². The molecule has 146 valence electrons. The Morgan fingerprint density at radius 3 is 2.41 bits per heavy atom. The van der Waals surface area contributed by atoms with E-state index in [9.17, 15) is 13.2 Å². The molecule has 0 saturated heterocycles. The Hall–Kier alpha value is -2.09. The van der Waals surface area contributed by atoms with Gasteiger partial charge in [-0.2, -0.15) is 0 Å². The normalized spacial score (nSPS) is 11.4. The minimum absolute atomic E-state index is 0.0134. The fourth-order valence-electron chi connectivity index (χ4n) is 2.25. The molecule has 2 rings (SSSR count). The number of halogens is 1. The number of amides is 1. The van der Waals surface area contributed by atoms with Gasteiger partial charge in [0.15, 0.2) is 0 Å². The van der Waals surface area contributed by atoms with Crippen molar-refractivity contribution in [1.29, 1.82) is 0 Å². The van der Waals surface area contributed by atoms with Gasteiger partial charge in [-0.25, -0.2) is 12.7 Å². The molecule has 0 aliphatic carbocycles. The average molecular weight is 411 g/mol. The molecule has 0 aliphatic rings. The molecular weight excluding hydrogens is 388 g/mol. The summed E-state index contributed by atoms with van der Waals surface area (Å²) < 4.78 is 31.1. The van der Waals surface area contributed by atoms with Crippen molar-refractivity contribution >= 4 is 27.5 Å². The summed E-state index contributed by atoms with van der Waals surface area (Å²) in [6.45, 7) is 2.97. The van der Waals surface area contributed by atoms with Gasteiger partial charge in [-0.15, -0.1) is 0 Å². The molecule has 6 nitrogen and oxygen atoms in total. The Kier molecular flexibility index (Phi) is 7.24. The Morgan fingerprint density at radius 2 is 1.81 bits per heavy atom. The minimum atomic E-state index is -3.65. The van der Waals surface area contributed by atoms with Crippen LogP contribution in [0.4, 0.5) is 0 Å². The third kappa shape index (κ3) is 5.45. The zero-order chi connectivity index (χ0) is 20.0. The number of sulfonamides is 1. The molecule has 0 heterocycles. The first kappa shape index (κ1) is 21.2. The van der Waals surface area contributed by atoms with Crippen LogP contribution in [0.5, 0.6) is 5.75 Å². The van der Waals surface area contributed by atoms with Crippen LogP contribution in [0.2, 0.25) is 5.02 Å². The lowest BCUT2D eigenvalue weighted by Gasteiger charge is -2.13. The molecule has 0 aliphatic heterocycles. The highest BCUT2D eigenvalue weighted by atomic mass is 35.5. The molecular formula is C19H23ClN2O4S. The lowest BCUT2D eigenvalue weighted by atomic mass is 10.2. The summed E-state index contributed by atoms with van der Waals surface area (Å²) in [5.41, 5.74) is 1.00. The molecule has 0 saturated carbocycles. The van der Waals surface area contributed by atoms with Crippen molar-refractivity contribution in [1.82, 2.24) is 9.62 Å². The van der Waals surface area contributed by atoms with Crippen LogP contribution < -0.4 is 10.1 Å². The second-order valence-electron chi connectivity index (χ2n) is 6.10. The average Bonchev–Trinajstić information content (AvgIpc) is 2.65. The van der Waals surface area contributed by atoms with Crippen LogP contribution in [-0.2, 0) is 16.6 Å². The fraction of sp³-hybridized carbons (Fsp3) is 0.316. The molecule has 0 aromatic heterocycles. The van der Waals surface area contributed by atoms with Crippen molar-refractivity contribution in [2.24, 2.45) is 0 Å². The zero-order valence-electron chi connectivity index (χ0n) is 15.5. The predicted octanol–water partition coefficient (Wildman–Crippen LogP) is 3.31. The van der Waals surface area contributed by atoms with Gasteiger partial charge in [0.1, 0.15) is 5.75 Å². The summed E-state index contributed by atoms with van der Waals surface area (Å²) in [4.78, 5) is 12.5. The van der Waals surface area contributed by atoms with E-state index in [1.165, 1.54) is 32.3 Å². The van der Waals surface area contributed by atoms with Gasteiger partial charge in [-0.3, -0.25) is 4.79 Å². The highest BCUT2D eigenvalue weighted by molar-refractivity contribution is 7.89. The van der Waals surface area contributed by atoms with E-state index in [2.05, 4.69) is 5.32 Å². The number of benzene rings is 2. The van der Waals surface area contributed by atoms with Gasteiger partial charge in [-0.1, -0.05) is 30.7 Å². The van der Waals surface area contributed by atoms with E-state index < -0.39 is 15.9 Å². The molecule has 0 fully saturated rings. The van der Waals surface area contributed by atoms with Gasteiger partial charge in [0, 0.05) is 20.6 Å². The number of nitrogens with one attached hydrogen (secondary N) is 1. The summed E-state index contributed by atoms with van der Waals surface area (Å²) in [6, 6.07) is 11.5. The first-order valence-electron chi connectivity index (χ1n) is 8.47. The van der Waals surface area contributed by atoms with Crippen LogP contribution in [0, 0.1) is 0 Å². The number of hydrogen-bond donors (Lipinski definition) is 1. The van der Waals surface area contributed by atoms with Gasteiger partial charge in [-0.05, 0) is 42.3 Å². The van der Waals surface area contributed by atoms with Crippen LogP contribution >= 0.6 is 11.6 Å². The Balaban J connectivity index is 2.10. The van der Waals surface area contributed by atoms with Crippen molar-refractivity contribution in [3.05, 3.63) is 58.6 Å². The third-order valence-corrected chi connectivity index (χ3v) is 5.95. The summed E-state index contributed by atoms with van der Waals surface area (Å²) in [7, 11) is -0.792. The maximum atomic E-state index is 12.5. The second-order valence-corrected chi connectivity index (χ2v) is 8.66. The fourth-order valence-corrected chi connectivity index (χ4v) is 3.38. The maximum Gasteiger partial charge on any atom is 0.253 e. The molecule has 27 heavy (non-hydrogen) atoms. The van der Waals surface area contributed by atoms with E-state index in [1.807, 2.05) is 31.2 Å². The molecule has 0 unspecified atom stereocenters. The number of hydrogen-bond acceptors (Lipinski definition) is 4. The standard InChI is InChI=1S/C19H23ClN2O4S/c1-4-11-26-15-7-5-14(6-8-15)13-21-19(23)17-12-16(9-10-18(17)20)27(24,25)22(2)3/h5-10,12H,4,11,13H2,1-3H3,(H,21,23). The van der Waals surface area contributed by atoms with E-state index in [0.29, 0.717) is 6.61 Å². The van der Waals surface area contributed by atoms with Gasteiger partial charge in [0.25, 0.3) is 5.91 Å². The smallest absolute Gasteiger partial charge is 0.253 e. The van der Waals surface area contributed by atoms with Crippen molar-refractivity contribution in [2.45, 2.75) is 24.8 Å². The highest BCUT2D eigenvalue weighted by Gasteiger charge is 2.20. The second kappa shape index (κ2) is 9.21. The topological polar surface area (TPSA) is 75.7 Å². The number of rotatable bonds is 8.